The third-order valence-electron chi connectivity index (χ3n) is 4.34. The molecule has 2 rings (SSSR count). The number of rotatable bonds is 5. The monoisotopic (exact) mass is 254 g/mol. The summed E-state index contributed by atoms with van der Waals surface area (Å²) >= 11 is 0. The molecule has 4 heteroatoms. The van der Waals surface area contributed by atoms with Crippen molar-refractivity contribution in [2.75, 3.05) is 34.5 Å². The standard InChI is InChI=1S/C14H26N2O2/c1-15(2)7-6-11-9-16(10-17)14-5-4-12(18-3)8-13(11)14/h9,12-14,17H,4-8,10H2,1-3H3. The molecule has 1 heterocycles. The van der Waals surface area contributed by atoms with E-state index in [1.54, 1.807) is 0 Å². The summed E-state index contributed by atoms with van der Waals surface area (Å²) in [5.41, 5.74) is 1.49. The Kier molecular flexibility index (Phi) is 4.65. The van der Waals surface area contributed by atoms with Gasteiger partial charge in [0.2, 0.25) is 0 Å². The molecule has 104 valence electrons. The number of hydrogen-bond acceptors (Lipinski definition) is 4. The van der Waals surface area contributed by atoms with Crippen molar-refractivity contribution in [1.82, 2.24) is 9.80 Å². The quantitative estimate of drug-likeness (QED) is 0.801. The van der Waals surface area contributed by atoms with Crippen LogP contribution in [0.5, 0.6) is 0 Å². The van der Waals surface area contributed by atoms with Crippen molar-refractivity contribution in [2.24, 2.45) is 5.92 Å². The van der Waals surface area contributed by atoms with Gasteiger partial charge in [-0.3, -0.25) is 0 Å². The fourth-order valence-electron chi connectivity index (χ4n) is 3.28. The van der Waals surface area contributed by atoms with Crippen molar-refractivity contribution < 1.29 is 9.84 Å². The zero-order chi connectivity index (χ0) is 13.1. The van der Waals surface area contributed by atoms with E-state index in [0.717, 1.165) is 32.2 Å². The van der Waals surface area contributed by atoms with Crippen molar-refractivity contribution in [3.05, 3.63) is 11.8 Å². The average molecular weight is 254 g/mol. The van der Waals surface area contributed by atoms with Gasteiger partial charge in [0.15, 0.2) is 0 Å². The third kappa shape index (κ3) is 2.87. The van der Waals surface area contributed by atoms with E-state index in [2.05, 4.69) is 30.1 Å². The lowest BCUT2D eigenvalue weighted by Gasteiger charge is -2.36. The number of aliphatic hydroxyl groups is 1. The molecule has 4 nitrogen and oxygen atoms in total. The smallest absolute Gasteiger partial charge is 0.115 e. The molecule has 1 fully saturated rings. The van der Waals surface area contributed by atoms with Gasteiger partial charge >= 0.3 is 0 Å². The molecule has 3 atom stereocenters. The van der Waals surface area contributed by atoms with Crippen LogP contribution in [0.3, 0.4) is 0 Å². The van der Waals surface area contributed by atoms with E-state index in [1.807, 2.05) is 7.11 Å². The van der Waals surface area contributed by atoms with E-state index in [9.17, 15) is 5.11 Å². The van der Waals surface area contributed by atoms with Gasteiger partial charge in [0.25, 0.3) is 0 Å². The van der Waals surface area contributed by atoms with E-state index in [4.69, 9.17) is 4.74 Å². The molecule has 0 saturated heterocycles. The minimum atomic E-state index is 0.143. The molecule has 0 aromatic carbocycles. The van der Waals surface area contributed by atoms with Gasteiger partial charge < -0.3 is 19.6 Å². The van der Waals surface area contributed by atoms with Crippen molar-refractivity contribution in [3.8, 4) is 0 Å². The van der Waals surface area contributed by atoms with Gasteiger partial charge in [0.1, 0.15) is 6.73 Å². The summed E-state index contributed by atoms with van der Waals surface area (Å²) in [6, 6.07) is 0.499. The number of methoxy groups -OCH3 is 1. The molecule has 0 spiro atoms. The Hall–Kier alpha value is -0.580. The zero-order valence-corrected chi connectivity index (χ0v) is 11.8. The van der Waals surface area contributed by atoms with Crippen LogP contribution < -0.4 is 0 Å². The predicted molar refractivity (Wildman–Crippen MR) is 72.1 cm³/mol. The molecule has 0 aromatic rings. The van der Waals surface area contributed by atoms with Crippen molar-refractivity contribution in [2.45, 2.75) is 37.8 Å². The maximum atomic E-state index is 9.46. The molecule has 3 unspecified atom stereocenters. The number of nitrogens with zero attached hydrogens (tertiary/aromatic N) is 2. The lowest BCUT2D eigenvalue weighted by Crippen LogP contribution is -2.39. The van der Waals surface area contributed by atoms with Crippen LogP contribution in [0, 0.1) is 5.92 Å². The van der Waals surface area contributed by atoms with Crippen molar-refractivity contribution >= 4 is 0 Å². The first-order valence-electron chi connectivity index (χ1n) is 6.90. The number of fused-ring (bicyclic) bond motifs is 1. The van der Waals surface area contributed by atoms with E-state index in [-0.39, 0.29) is 6.73 Å². The Morgan fingerprint density at radius 2 is 2.22 bits per heavy atom. The highest BCUT2D eigenvalue weighted by molar-refractivity contribution is 5.19. The fraction of sp³-hybridized carbons (Fsp3) is 0.857. The number of aliphatic hydroxyl groups excluding tert-OH is 1. The Balaban J connectivity index is 2.02. The van der Waals surface area contributed by atoms with Crippen LogP contribution in [0.15, 0.2) is 11.8 Å². The zero-order valence-electron chi connectivity index (χ0n) is 11.8. The van der Waals surface area contributed by atoms with Crippen LogP contribution in [0.25, 0.3) is 0 Å². The normalized spacial score (nSPS) is 31.7. The van der Waals surface area contributed by atoms with E-state index < -0.39 is 0 Å². The molecule has 1 N–H and O–H groups in total. The van der Waals surface area contributed by atoms with Gasteiger partial charge in [0.05, 0.1) is 6.10 Å². The second-order valence-corrected chi connectivity index (χ2v) is 5.76. The van der Waals surface area contributed by atoms with Crippen molar-refractivity contribution in [3.63, 3.8) is 0 Å². The van der Waals surface area contributed by atoms with E-state index in [0.29, 0.717) is 18.1 Å². The summed E-state index contributed by atoms with van der Waals surface area (Å²) in [5.74, 6) is 0.579. The maximum Gasteiger partial charge on any atom is 0.115 e. The summed E-state index contributed by atoms with van der Waals surface area (Å²) < 4.78 is 5.52. The number of hydrogen-bond donors (Lipinski definition) is 1. The van der Waals surface area contributed by atoms with Gasteiger partial charge in [-0.2, -0.15) is 0 Å². The fourth-order valence-corrected chi connectivity index (χ4v) is 3.28. The van der Waals surface area contributed by atoms with Crippen LogP contribution >= 0.6 is 0 Å². The first kappa shape index (κ1) is 13.8. The summed E-state index contributed by atoms with van der Waals surface area (Å²) in [6.45, 7) is 1.22. The van der Waals surface area contributed by atoms with E-state index >= 15 is 0 Å². The van der Waals surface area contributed by atoms with Crippen molar-refractivity contribution in [1.29, 1.82) is 0 Å². The summed E-state index contributed by atoms with van der Waals surface area (Å²) in [5, 5.41) is 9.46. The Labute approximate surface area is 110 Å². The topological polar surface area (TPSA) is 35.9 Å². The van der Waals surface area contributed by atoms with Crippen LogP contribution in [0.1, 0.15) is 25.7 Å². The Bertz CT molecular complexity index is 304. The number of ether oxygens (including phenoxy) is 1. The minimum Gasteiger partial charge on any atom is -0.381 e. The summed E-state index contributed by atoms with van der Waals surface area (Å²) in [4.78, 5) is 4.33. The van der Waals surface area contributed by atoms with Gasteiger partial charge in [-0.25, -0.2) is 0 Å². The summed E-state index contributed by atoms with van der Waals surface area (Å²) in [6.07, 6.45) is 7.04. The van der Waals surface area contributed by atoms with Gasteiger partial charge in [-0.05, 0) is 45.4 Å². The summed E-state index contributed by atoms with van der Waals surface area (Å²) in [7, 11) is 6.03. The minimum absolute atomic E-state index is 0.143. The first-order chi connectivity index (χ1) is 8.65. The second kappa shape index (κ2) is 6.04. The maximum absolute atomic E-state index is 9.46. The highest BCUT2D eigenvalue weighted by atomic mass is 16.5. The molecule has 0 radical (unpaired) electrons. The Morgan fingerprint density at radius 3 is 2.83 bits per heavy atom. The molecular weight excluding hydrogens is 228 g/mol. The SMILES string of the molecule is COC1CCC2C(C1)C(CCN(C)C)=CN2CO. The van der Waals surface area contributed by atoms with Gasteiger partial charge in [-0.15, -0.1) is 0 Å². The largest absolute Gasteiger partial charge is 0.381 e. The van der Waals surface area contributed by atoms with Crippen LogP contribution in [0.4, 0.5) is 0 Å². The lowest BCUT2D eigenvalue weighted by molar-refractivity contribution is 0.0178. The molecule has 0 aromatic heterocycles. The molecule has 1 aliphatic carbocycles. The average Bonchev–Trinajstić information content (AvgIpc) is 2.73. The lowest BCUT2D eigenvalue weighted by atomic mass is 9.79. The first-order valence-corrected chi connectivity index (χ1v) is 6.90. The van der Waals surface area contributed by atoms with Gasteiger partial charge in [-0.1, -0.05) is 0 Å². The van der Waals surface area contributed by atoms with Crippen LogP contribution in [0.2, 0.25) is 0 Å². The second-order valence-electron chi connectivity index (χ2n) is 5.76. The van der Waals surface area contributed by atoms with E-state index in [1.165, 1.54) is 5.57 Å². The molecule has 2 aliphatic rings. The van der Waals surface area contributed by atoms with Gasteiger partial charge in [0, 0.05) is 31.8 Å². The molecule has 0 bridgehead atoms. The van der Waals surface area contributed by atoms with Crippen LogP contribution in [-0.4, -0.2) is 61.5 Å². The predicted octanol–water partition coefficient (Wildman–Crippen LogP) is 1.27. The molecule has 18 heavy (non-hydrogen) atoms. The molecule has 1 aliphatic heterocycles. The molecule has 0 amide bonds. The third-order valence-corrected chi connectivity index (χ3v) is 4.34. The Morgan fingerprint density at radius 1 is 1.44 bits per heavy atom. The highest BCUT2D eigenvalue weighted by Crippen LogP contribution is 2.40. The molecule has 1 saturated carbocycles. The van der Waals surface area contributed by atoms with Crippen LogP contribution in [-0.2, 0) is 4.74 Å². The highest BCUT2D eigenvalue weighted by Gasteiger charge is 2.39. The molecular formula is C14H26N2O2.